The second-order valence-electron chi connectivity index (χ2n) is 4.00. The van der Waals surface area contributed by atoms with Gasteiger partial charge in [0.1, 0.15) is 5.75 Å². The number of esters is 1. The molecule has 0 spiro atoms. The fourth-order valence-corrected chi connectivity index (χ4v) is 1.43. The molecule has 0 atom stereocenters. The number of amides is 1. The number of hydrogen-bond donors (Lipinski definition) is 1. The molecule has 0 saturated carbocycles. The average Bonchev–Trinajstić information content (AvgIpc) is 2.43. The molecule has 0 aliphatic rings. The van der Waals surface area contributed by atoms with E-state index in [4.69, 9.17) is 9.47 Å². The van der Waals surface area contributed by atoms with Gasteiger partial charge >= 0.3 is 5.97 Å². The van der Waals surface area contributed by atoms with E-state index in [2.05, 4.69) is 5.32 Å². The van der Waals surface area contributed by atoms with E-state index >= 15 is 0 Å². The van der Waals surface area contributed by atoms with E-state index in [1.807, 2.05) is 6.92 Å². The molecule has 5 heteroatoms. The summed E-state index contributed by atoms with van der Waals surface area (Å²) in [7, 11) is 1.56. The van der Waals surface area contributed by atoms with Gasteiger partial charge in [0.05, 0.1) is 20.1 Å². The first-order chi connectivity index (χ1) is 9.15. The molecule has 1 aromatic carbocycles. The fraction of sp³-hybridized carbons (Fsp3) is 0.429. The van der Waals surface area contributed by atoms with Crippen LogP contribution in [0.4, 0.5) is 5.69 Å². The molecule has 0 aromatic heterocycles. The van der Waals surface area contributed by atoms with Gasteiger partial charge < -0.3 is 14.8 Å². The third-order valence-electron chi connectivity index (χ3n) is 2.38. The van der Waals surface area contributed by atoms with Gasteiger partial charge in [-0.2, -0.15) is 0 Å². The van der Waals surface area contributed by atoms with Crippen LogP contribution in [0.25, 0.3) is 0 Å². The van der Waals surface area contributed by atoms with Crippen molar-refractivity contribution in [3.05, 3.63) is 24.3 Å². The van der Waals surface area contributed by atoms with Crippen molar-refractivity contribution in [3.8, 4) is 5.75 Å². The van der Waals surface area contributed by atoms with Gasteiger partial charge in [-0.1, -0.05) is 13.0 Å². The number of carbonyl (C=O) groups excluding carboxylic acids is 2. The Kier molecular flexibility index (Phi) is 6.43. The van der Waals surface area contributed by atoms with Crippen LogP contribution < -0.4 is 10.1 Å². The third kappa shape index (κ3) is 5.90. The number of carbonyl (C=O) groups is 2. The van der Waals surface area contributed by atoms with Crippen molar-refractivity contribution in [1.82, 2.24) is 0 Å². The summed E-state index contributed by atoms with van der Waals surface area (Å²) in [6.07, 6.45) is 0.983. The average molecular weight is 265 g/mol. The Hall–Kier alpha value is -2.04. The van der Waals surface area contributed by atoms with Crippen molar-refractivity contribution in [2.45, 2.75) is 26.2 Å². The molecule has 0 radical (unpaired) electrons. The molecule has 0 saturated heterocycles. The van der Waals surface area contributed by atoms with Crippen molar-refractivity contribution in [2.24, 2.45) is 0 Å². The van der Waals surface area contributed by atoms with E-state index in [-0.39, 0.29) is 24.7 Å². The minimum atomic E-state index is -0.345. The van der Waals surface area contributed by atoms with E-state index in [1.165, 1.54) is 0 Å². The lowest BCUT2D eigenvalue weighted by atomic mass is 10.2. The first-order valence-corrected chi connectivity index (χ1v) is 6.25. The van der Waals surface area contributed by atoms with E-state index in [0.29, 0.717) is 18.0 Å². The summed E-state index contributed by atoms with van der Waals surface area (Å²) in [5.74, 6) is 0.101. The first-order valence-electron chi connectivity index (χ1n) is 6.25. The number of anilines is 1. The monoisotopic (exact) mass is 265 g/mol. The maximum atomic E-state index is 11.6. The minimum Gasteiger partial charge on any atom is -0.497 e. The lowest BCUT2D eigenvalue weighted by Crippen LogP contribution is -2.14. The van der Waals surface area contributed by atoms with Crippen LogP contribution >= 0.6 is 0 Å². The molecule has 104 valence electrons. The van der Waals surface area contributed by atoms with Crippen molar-refractivity contribution in [1.29, 1.82) is 0 Å². The zero-order chi connectivity index (χ0) is 14.1. The number of hydrogen-bond acceptors (Lipinski definition) is 4. The Morgan fingerprint density at radius 3 is 2.74 bits per heavy atom. The molecular weight excluding hydrogens is 246 g/mol. The van der Waals surface area contributed by atoms with Crippen LogP contribution in [0.5, 0.6) is 5.75 Å². The molecule has 0 fully saturated rings. The number of rotatable bonds is 7. The van der Waals surface area contributed by atoms with Gasteiger partial charge in [0.2, 0.25) is 5.91 Å². The van der Waals surface area contributed by atoms with E-state index in [0.717, 1.165) is 6.42 Å². The zero-order valence-electron chi connectivity index (χ0n) is 11.3. The molecular formula is C14H19NO4. The van der Waals surface area contributed by atoms with Gasteiger partial charge in [-0.15, -0.1) is 0 Å². The number of nitrogens with one attached hydrogen (secondary N) is 1. The minimum absolute atomic E-state index is 0.0931. The highest BCUT2D eigenvalue weighted by molar-refractivity contribution is 5.92. The summed E-state index contributed by atoms with van der Waals surface area (Å²) < 4.78 is 9.94. The fourth-order valence-electron chi connectivity index (χ4n) is 1.43. The van der Waals surface area contributed by atoms with Crippen molar-refractivity contribution in [2.75, 3.05) is 19.0 Å². The van der Waals surface area contributed by atoms with Crippen LogP contribution in [0.3, 0.4) is 0 Å². The molecule has 5 nitrogen and oxygen atoms in total. The van der Waals surface area contributed by atoms with Crippen LogP contribution in [0, 0.1) is 0 Å². The Morgan fingerprint density at radius 1 is 1.26 bits per heavy atom. The highest BCUT2D eigenvalue weighted by atomic mass is 16.5. The van der Waals surface area contributed by atoms with Gasteiger partial charge in [-0.3, -0.25) is 9.59 Å². The Bertz CT molecular complexity index is 431. The molecule has 1 rings (SSSR count). The summed E-state index contributed by atoms with van der Waals surface area (Å²) in [6, 6.07) is 7.05. The second-order valence-corrected chi connectivity index (χ2v) is 4.00. The highest BCUT2D eigenvalue weighted by Gasteiger charge is 2.08. The summed E-state index contributed by atoms with van der Waals surface area (Å²) in [5, 5.41) is 2.70. The SMILES string of the molecule is CCCOC(=O)CCC(=O)Nc1cccc(OC)c1. The lowest BCUT2D eigenvalue weighted by molar-refractivity contribution is -0.144. The molecule has 0 aliphatic carbocycles. The van der Waals surface area contributed by atoms with E-state index < -0.39 is 0 Å². The largest absolute Gasteiger partial charge is 0.497 e. The molecule has 1 amide bonds. The van der Waals surface area contributed by atoms with Crippen molar-refractivity contribution in [3.63, 3.8) is 0 Å². The standard InChI is InChI=1S/C14H19NO4/c1-3-9-19-14(17)8-7-13(16)15-11-5-4-6-12(10-11)18-2/h4-6,10H,3,7-9H2,1-2H3,(H,15,16). The maximum absolute atomic E-state index is 11.6. The zero-order valence-corrected chi connectivity index (χ0v) is 11.3. The molecule has 0 bridgehead atoms. The summed E-state index contributed by atoms with van der Waals surface area (Å²) >= 11 is 0. The molecule has 0 aliphatic heterocycles. The first kappa shape index (κ1) is 15.0. The van der Waals surface area contributed by atoms with Gasteiger partial charge in [-0.05, 0) is 18.6 Å². The molecule has 1 aromatic rings. The second kappa shape index (κ2) is 8.13. The van der Waals surface area contributed by atoms with Gasteiger partial charge in [-0.25, -0.2) is 0 Å². The molecule has 19 heavy (non-hydrogen) atoms. The Balaban J connectivity index is 2.36. The smallest absolute Gasteiger partial charge is 0.306 e. The van der Waals surface area contributed by atoms with Crippen LogP contribution in [0.2, 0.25) is 0 Å². The molecule has 1 N–H and O–H groups in total. The summed E-state index contributed by atoms with van der Waals surface area (Å²) in [6.45, 7) is 2.32. The number of ether oxygens (including phenoxy) is 2. The normalized spacial score (nSPS) is 9.79. The van der Waals surface area contributed by atoms with Crippen molar-refractivity contribution >= 4 is 17.6 Å². The van der Waals surface area contributed by atoms with Gasteiger partial charge in [0.25, 0.3) is 0 Å². The van der Waals surface area contributed by atoms with Crippen molar-refractivity contribution < 1.29 is 19.1 Å². The van der Waals surface area contributed by atoms with Crippen LogP contribution in [0.15, 0.2) is 24.3 Å². The van der Waals surface area contributed by atoms with Gasteiger partial charge in [0.15, 0.2) is 0 Å². The summed E-state index contributed by atoms with van der Waals surface area (Å²) in [5.41, 5.74) is 0.645. The molecule has 0 unspecified atom stereocenters. The van der Waals surface area contributed by atoms with E-state index in [9.17, 15) is 9.59 Å². The lowest BCUT2D eigenvalue weighted by Gasteiger charge is -2.07. The van der Waals surface area contributed by atoms with E-state index in [1.54, 1.807) is 31.4 Å². The third-order valence-corrected chi connectivity index (χ3v) is 2.38. The highest BCUT2D eigenvalue weighted by Crippen LogP contribution is 2.16. The Morgan fingerprint density at radius 2 is 2.05 bits per heavy atom. The summed E-state index contributed by atoms with van der Waals surface area (Å²) in [4.78, 5) is 22.9. The van der Waals surface area contributed by atoms with Gasteiger partial charge in [0, 0.05) is 18.2 Å². The van der Waals surface area contributed by atoms with Crippen LogP contribution in [-0.4, -0.2) is 25.6 Å². The topological polar surface area (TPSA) is 64.6 Å². The quantitative estimate of drug-likeness (QED) is 0.769. The number of methoxy groups -OCH3 is 1. The Labute approximate surface area is 112 Å². The molecule has 0 heterocycles. The van der Waals surface area contributed by atoms with Crippen LogP contribution in [0.1, 0.15) is 26.2 Å². The maximum Gasteiger partial charge on any atom is 0.306 e. The number of benzene rings is 1. The predicted octanol–water partition coefficient (Wildman–Crippen LogP) is 2.37. The predicted molar refractivity (Wildman–Crippen MR) is 72.1 cm³/mol. The van der Waals surface area contributed by atoms with Crippen LogP contribution in [-0.2, 0) is 14.3 Å².